The smallest absolute Gasteiger partial charge is 0.245 e. The molecule has 0 aromatic carbocycles. The summed E-state index contributed by atoms with van der Waals surface area (Å²) in [4.78, 5) is 15.9. The molecule has 35 heavy (non-hydrogen) atoms. The van der Waals surface area contributed by atoms with Crippen molar-refractivity contribution in [1.82, 2.24) is 34.7 Å². The molecule has 4 aromatic rings. The Kier molecular flexibility index (Phi) is 6.73. The predicted molar refractivity (Wildman–Crippen MR) is 120 cm³/mol. The van der Waals surface area contributed by atoms with E-state index in [1.54, 1.807) is 19.1 Å². The molecule has 14 heteroatoms. The van der Waals surface area contributed by atoms with Crippen molar-refractivity contribution < 1.29 is 26.7 Å². The van der Waals surface area contributed by atoms with Crippen molar-refractivity contribution in [3.8, 4) is 29.0 Å². The van der Waals surface area contributed by atoms with E-state index in [0.717, 1.165) is 12.4 Å². The summed E-state index contributed by atoms with van der Waals surface area (Å²) < 4.78 is 57.6. The van der Waals surface area contributed by atoms with Crippen LogP contribution in [0.15, 0.2) is 35.3 Å². The number of hydrogen-bond donors (Lipinski definition) is 0. The van der Waals surface area contributed by atoms with E-state index in [1.165, 1.54) is 32.0 Å². The molecule has 12 nitrogen and oxygen atoms in total. The lowest BCUT2D eigenvalue weighted by molar-refractivity contribution is 0.368. The Labute approximate surface area is 200 Å². The van der Waals surface area contributed by atoms with E-state index in [-0.39, 0.29) is 41.3 Å². The standard InChI is InChI=1S/C21H22FN7O5S/c1-12-5-6-15(34-12)19-28-27-17(29(19)18-20(32-3)25-11-26-21(18)33-4)10-35(30,31)13(2)7-16-23-8-14(22)9-24-16/h5-6,8-9,11,13H,7,10H2,1-4H3/t13-/m0/s1. The molecule has 0 aliphatic heterocycles. The molecule has 4 aromatic heterocycles. The Bertz CT molecular complexity index is 1410. The van der Waals surface area contributed by atoms with Gasteiger partial charge in [-0.3, -0.25) is 4.57 Å². The van der Waals surface area contributed by atoms with Crippen LogP contribution in [-0.2, 0) is 22.0 Å². The SMILES string of the molecule is COc1ncnc(OC)c1-n1c(CS(=O)(=O)[C@@H](C)Cc2ncc(F)cn2)nnc1-c1ccc(C)o1. The summed E-state index contributed by atoms with van der Waals surface area (Å²) in [5, 5.41) is 7.43. The summed E-state index contributed by atoms with van der Waals surface area (Å²) in [6.07, 6.45) is 3.22. The van der Waals surface area contributed by atoms with E-state index in [2.05, 4.69) is 30.1 Å². The summed E-state index contributed by atoms with van der Waals surface area (Å²) in [5.74, 6) is 0.584. The van der Waals surface area contributed by atoms with Gasteiger partial charge in [-0.05, 0) is 26.0 Å². The minimum Gasteiger partial charge on any atom is -0.479 e. The van der Waals surface area contributed by atoms with Crippen LogP contribution in [0.1, 0.15) is 24.3 Å². The summed E-state index contributed by atoms with van der Waals surface area (Å²) in [6.45, 7) is 3.29. The molecule has 0 unspecified atom stereocenters. The third-order valence-electron chi connectivity index (χ3n) is 5.14. The number of ether oxygens (including phenoxy) is 2. The molecule has 4 rings (SSSR count). The Morgan fingerprint density at radius 2 is 1.71 bits per heavy atom. The Morgan fingerprint density at radius 1 is 1.06 bits per heavy atom. The van der Waals surface area contributed by atoms with Crippen molar-refractivity contribution in [3.63, 3.8) is 0 Å². The van der Waals surface area contributed by atoms with Crippen molar-refractivity contribution in [3.05, 3.63) is 54.1 Å². The molecule has 0 N–H and O–H groups in total. The lowest BCUT2D eigenvalue weighted by Gasteiger charge is -2.16. The van der Waals surface area contributed by atoms with Gasteiger partial charge in [-0.15, -0.1) is 10.2 Å². The topological polar surface area (TPSA) is 148 Å². The maximum absolute atomic E-state index is 13.3. The first-order valence-electron chi connectivity index (χ1n) is 10.4. The quantitative estimate of drug-likeness (QED) is 0.331. The fourth-order valence-corrected chi connectivity index (χ4v) is 4.58. The minimum atomic E-state index is -3.81. The van der Waals surface area contributed by atoms with Gasteiger partial charge in [0.1, 0.15) is 23.7 Å². The lowest BCUT2D eigenvalue weighted by atomic mass is 10.3. The van der Waals surface area contributed by atoms with Crippen LogP contribution < -0.4 is 9.47 Å². The first-order valence-corrected chi connectivity index (χ1v) is 12.1. The van der Waals surface area contributed by atoms with Crippen LogP contribution >= 0.6 is 0 Å². The molecule has 0 radical (unpaired) electrons. The Balaban J connectivity index is 1.79. The second kappa shape index (κ2) is 9.74. The second-order valence-corrected chi connectivity index (χ2v) is 9.98. The third kappa shape index (κ3) is 4.96. The Morgan fingerprint density at radius 3 is 2.29 bits per heavy atom. The summed E-state index contributed by atoms with van der Waals surface area (Å²) in [5.41, 5.74) is 0.214. The molecule has 0 saturated carbocycles. The highest BCUT2D eigenvalue weighted by Crippen LogP contribution is 2.34. The van der Waals surface area contributed by atoms with Crippen LogP contribution in [0.25, 0.3) is 17.3 Å². The molecule has 0 saturated heterocycles. The van der Waals surface area contributed by atoms with Crippen molar-refractivity contribution in [2.75, 3.05) is 14.2 Å². The summed E-state index contributed by atoms with van der Waals surface area (Å²) in [6, 6.07) is 3.43. The van der Waals surface area contributed by atoms with Gasteiger partial charge in [-0.2, -0.15) is 9.97 Å². The van der Waals surface area contributed by atoms with E-state index < -0.39 is 26.7 Å². The molecule has 184 valence electrons. The number of aromatic nitrogens is 7. The molecule has 0 amide bonds. The average Bonchev–Trinajstić information content (AvgIpc) is 3.45. The molecule has 0 aliphatic rings. The second-order valence-electron chi connectivity index (χ2n) is 7.57. The van der Waals surface area contributed by atoms with Gasteiger partial charge in [0, 0.05) is 6.42 Å². The van der Waals surface area contributed by atoms with Crippen LogP contribution in [0.4, 0.5) is 4.39 Å². The number of methoxy groups -OCH3 is 2. The van der Waals surface area contributed by atoms with Crippen LogP contribution in [0.5, 0.6) is 11.8 Å². The normalized spacial score (nSPS) is 12.5. The molecular weight excluding hydrogens is 481 g/mol. The van der Waals surface area contributed by atoms with Crippen molar-refractivity contribution in [2.45, 2.75) is 31.3 Å². The summed E-state index contributed by atoms with van der Waals surface area (Å²) >= 11 is 0. The number of hydrogen-bond acceptors (Lipinski definition) is 11. The first-order chi connectivity index (χ1) is 16.7. The fourth-order valence-electron chi connectivity index (χ4n) is 3.35. The highest BCUT2D eigenvalue weighted by Gasteiger charge is 2.30. The van der Waals surface area contributed by atoms with Crippen molar-refractivity contribution in [1.29, 1.82) is 0 Å². The average molecular weight is 504 g/mol. The number of aryl methyl sites for hydroxylation is 1. The van der Waals surface area contributed by atoms with Gasteiger partial charge in [0.25, 0.3) is 0 Å². The molecule has 0 fully saturated rings. The summed E-state index contributed by atoms with van der Waals surface area (Å²) in [7, 11) is -0.985. The monoisotopic (exact) mass is 503 g/mol. The molecule has 0 spiro atoms. The Hall–Kier alpha value is -3.94. The number of halogens is 1. The van der Waals surface area contributed by atoms with E-state index in [9.17, 15) is 12.8 Å². The largest absolute Gasteiger partial charge is 0.479 e. The highest BCUT2D eigenvalue weighted by atomic mass is 32.2. The van der Waals surface area contributed by atoms with E-state index >= 15 is 0 Å². The van der Waals surface area contributed by atoms with E-state index in [4.69, 9.17) is 13.9 Å². The van der Waals surface area contributed by atoms with Gasteiger partial charge in [0.2, 0.25) is 17.6 Å². The number of sulfone groups is 1. The molecule has 0 aliphatic carbocycles. The lowest BCUT2D eigenvalue weighted by Crippen LogP contribution is -2.24. The van der Waals surface area contributed by atoms with Gasteiger partial charge >= 0.3 is 0 Å². The van der Waals surface area contributed by atoms with Gasteiger partial charge in [-0.1, -0.05) is 0 Å². The molecular formula is C21H22FN7O5S. The molecule has 1 atom stereocenters. The zero-order valence-electron chi connectivity index (χ0n) is 19.3. The van der Waals surface area contributed by atoms with Crippen molar-refractivity contribution in [2.24, 2.45) is 0 Å². The fraction of sp³-hybridized carbons (Fsp3) is 0.333. The maximum atomic E-state index is 13.3. The van der Waals surface area contributed by atoms with Gasteiger partial charge in [0.05, 0.1) is 31.9 Å². The number of furan rings is 1. The zero-order chi connectivity index (χ0) is 25.2. The highest BCUT2D eigenvalue weighted by molar-refractivity contribution is 7.91. The first kappa shape index (κ1) is 24.2. The molecule has 0 bridgehead atoms. The van der Waals surface area contributed by atoms with Crippen LogP contribution in [0.3, 0.4) is 0 Å². The number of rotatable bonds is 9. The molecule has 4 heterocycles. The van der Waals surface area contributed by atoms with Gasteiger partial charge < -0.3 is 13.9 Å². The van der Waals surface area contributed by atoms with E-state index in [1.807, 2.05) is 0 Å². The van der Waals surface area contributed by atoms with Gasteiger partial charge in [-0.25, -0.2) is 22.8 Å². The minimum absolute atomic E-state index is 0.0118. The maximum Gasteiger partial charge on any atom is 0.245 e. The van der Waals surface area contributed by atoms with Crippen molar-refractivity contribution >= 4 is 9.84 Å². The zero-order valence-corrected chi connectivity index (χ0v) is 20.2. The predicted octanol–water partition coefficient (Wildman–Crippen LogP) is 2.12. The third-order valence-corrected chi connectivity index (χ3v) is 7.20. The number of nitrogens with zero attached hydrogens (tertiary/aromatic N) is 7. The van der Waals surface area contributed by atoms with Crippen LogP contribution in [0.2, 0.25) is 0 Å². The van der Waals surface area contributed by atoms with E-state index in [0.29, 0.717) is 11.5 Å². The van der Waals surface area contributed by atoms with Gasteiger partial charge in [0.15, 0.2) is 32.9 Å². The van der Waals surface area contributed by atoms with Crippen LogP contribution in [0, 0.1) is 12.7 Å². The van der Waals surface area contributed by atoms with Crippen LogP contribution in [-0.4, -0.2) is 62.6 Å².